The standard InChI is InChI=1S/C14H19F4N3O2.ClH/c1-3-19-9(2)6-21-12(22)10-4-5-11(20-7-10)23-8-14(17,18)13(15)16;/h4-5,7,9,13,19H,3,6,8H2,1-2H3,(H,21,22);1H/t9-;/m1./s1. The van der Waals surface area contributed by atoms with Gasteiger partial charge in [0.05, 0.1) is 5.56 Å². The molecule has 0 saturated carbocycles. The van der Waals surface area contributed by atoms with Crippen LogP contribution < -0.4 is 15.4 Å². The van der Waals surface area contributed by atoms with Gasteiger partial charge in [0.1, 0.15) is 0 Å². The van der Waals surface area contributed by atoms with Crippen LogP contribution in [-0.4, -0.2) is 49.0 Å². The van der Waals surface area contributed by atoms with Crippen molar-refractivity contribution in [1.82, 2.24) is 15.6 Å². The van der Waals surface area contributed by atoms with Gasteiger partial charge in [0, 0.05) is 24.8 Å². The first kappa shape index (κ1) is 22.4. The van der Waals surface area contributed by atoms with Gasteiger partial charge in [-0.1, -0.05) is 6.92 Å². The van der Waals surface area contributed by atoms with Crippen molar-refractivity contribution < 1.29 is 27.1 Å². The molecule has 0 aliphatic heterocycles. The maximum Gasteiger partial charge on any atom is 0.340 e. The summed E-state index contributed by atoms with van der Waals surface area (Å²) in [7, 11) is 0. The van der Waals surface area contributed by atoms with Gasteiger partial charge in [-0.25, -0.2) is 13.8 Å². The lowest BCUT2D eigenvalue weighted by Crippen LogP contribution is -2.38. The number of alkyl halides is 4. The highest BCUT2D eigenvalue weighted by molar-refractivity contribution is 5.93. The zero-order valence-electron chi connectivity index (χ0n) is 13.2. The molecular formula is C14H20ClF4N3O2. The summed E-state index contributed by atoms with van der Waals surface area (Å²) >= 11 is 0. The van der Waals surface area contributed by atoms with Gasteiger partial charge in [-0.3, -0.25) is 4.79 Å². The van der Waals surface area contributed by atoms with Crippen LogP contribution in [0, 0.1) is 0 Å². The predicted octanol–water partition coefficient (Wildman–Crippen LogP) is 2.51. The summed E-state index contributed by atoms with van der Waals surface area (Å²) in [4.78, 5) is 15.5. The molecule has 0 radical (unpaired) electrons. The monoisotopic (exact) mass is 373 g/mol. The Morgan fingerprint density at radius 3 is 2.54 bits per heavy atom. The number of pyridine rings is 1. The molecule has 138 valence electrons. The lowest BCUT2D eigenvalue weighted by Gasteiger charge is -2.15. The quantitative estimate of drug-likeness (QED) is 0.653. The van der Waals surface area contributed by atoms with Gasteiger partial charge in [-0.15, -0.1) is 12.4 Å². The summed E-state index contributed by atoms with van der Waals surface area (Å²) in [5.74, 6) is -4.89. The Hall–Kier alpha value is -1.61. The van der Waals surface area contributed by atoms with Gasteiger partial charge in [0.25, 0.3) is 5.91 Å². The Balaban J connectivity index is 0.00000529. The number of halogens is 5. The van der Waals surface area contributed by atoms with Crippen LogP contribution in [0.1, 0.15) is 24.2 Å². The van der Waals surface area contributed by atoms with E-state index >= 15 is 0 Å². The molecule has 0 bridgehead atoms. The molecule has 2 N–H and O–H groups in total. The molecule has 1 rings (SSSR count). The first-order chi connectivity index (χ1) is 10.8. The van der Waals surface area contributed by atoms with E-state index in [1.54, 1.807) is 0 Å². The number of carbonyl (C=O) groups excluding carboxylic acids is 1. The minimum absolute atomic E-state index is 0. The number of hydrogen-bond donors (Lipinski definition) is 2. The largest absolute Gasteiger partial charge is 0.471 e. The van der Waals surface area contributed by atoms with Crippen LogP contribution in [0.3, 0.4) is 0 Å². The van der Waals surface area contributed by atoms with E-state index in [1.165, 1.54) is 12.1 Å². The van der Waals surface area contributed by atoms with Crippen LogP contribution in [0.5, 0.6) is 5.88 Å². The lowest BCUT2D eigenvalue weighted by atomic mass is 10.2. The molecule has 10 heteroatoms. The number of hydrogen-bond acceptors (Lipinski definition) is 4. The summed E-state index contributed by atoms with van der Waals surface area (Å²) < 4.78 is 53.9. The van der Waals surface area contributed by atoms with E-state index < -0.39 is 19.0 Å². The van der Waals surface area contributed by atoms with Crippen molar-refractivity contribution >= 4 is 18.3 Å². The van der Waals surface area contributed by atoms with Crippen molar-refractivity contribution in [1.29, 1.82) is 0 Å². The van der Waals surface area contributed by atoms with Gasteiger partial charge in [0.15, 0.2) is 6.61 Å². The maximum atomic E-state index is 12.7. The van der Waals surface area contributed by atoms with Gasteiger partial charge < -0.3 is 15.4 Å². The van der Waals surface area contributed by atoms with Crippen molar-refractivity contribution in [3.8, 4) is 5.88 Å². The number of nitrogens with one attached hydrogen (secondary N) is 2. The SMILES string of the molecule is CCN[C@H](C)CNC(=O)c1ccc(OCC(F)(F)C(F)F)nc1.Cl. The molecule has 0 saturated heterocycles. The van der Waals surface area contributed by atoms with E-state index in [9.17, 15) is 22.4 Å². The van der Waals surface area contributed by atoms with E-state index in [1.807, 2.05) is 13.8 Å². The molecule has 0 aliphatic carbocycles. The first-order valence-electron chi connectivity index (χ1n) is 7.02. The molecule has 1 aromatic heterocycles. The first-order valence-corrected chi connectivity index (χ1v) is 7.02. The van der Waals surface area contributed by atoms with Crippen LogP contribution >= 0.6 is 12.4 Å². The fourth-order valence-corrected chi connectivity index (χ4v) is 1.60. The van der Waals surface area contributed by atoms with Crippen LogP contribution in [0.2, 0.25) is 0 Å². The van der Waals surface area contributed by atoms with Gasteiger partial charge in [-0.05, 0) is 19.5 Å². The minimum atomic E-state index is -4.25. The Morgan fingerprint density at radius 1 is 1.38 bits per heavy atom. The molecule has 1 heterocycles. The van der Waals surface area contributed by atoms with Gasteiger partial charge in [0.2, 0.25) is 5.88 Å². The molecule has 0 unspecified atom stereocenters. The Bertz CT molecular complexity index is 503. The number of aromatic nitrogens is 1. The molecule has 1 aromatic rings. The van der Waals surface area contributed by atoms with Gasteiger partial charge >= 0.3 is 12.3 Å². The summed E-state index contributed by atoms with van der Waals surface area (Å²) in [6.07, 6.45) is -2.69. The maximum absolute atomic E-state index is 12.7. The van der Waals surface area contributed by atoms with Gasteiger partial charge in [-0.2, -0.15) is 8.78 Å². The molecule has 0 aromatic carbocycles. The molecule has 24 heavy (non-hydrogen) atoms. The highest BCUT2D eigenvalue weighted by Crippen LogP contribution is 2.23. The van der Waals surface area contributed by atoms with E-state index in [0.717, 1.165) is 12.7 Å². The van der Waals surface area contributed by atoms with E-state index in [4.69, 9.17) is 0 Å². The van der Waals surface area contributed by atoms with E-state index in [-0.39, 0.29) is 35.8 Å². The molecule has 5 nitrogen and oxygen atoms in total. The summed E-state index contributed by atoms with van der Waals surface area (Å²) in [6.45, 7) is 3.55. The van der Waals surface area contributed by atoms with Crippen molar-refractivity contribution in [3.63, 3.8) is 0 Å². The second-order valence-electron chi connectivity index (χ2n) is 4.90. The normalized spacial score (nSPS) is 12.5. The second kappa shape index (κ2) is 10.3. The number of rotatable bonds is 9. The van der Waals surface area contributed by atoms with Crippen LogP contribution in [0.4, 0.5) is 17.6 Å². The summed E-state index contributed by atoms with van der Waals surface area (Å²) in [6, 6.07) is 2.58. The predicted molar refractivity (Wildman–Crippen MR) is 83.4 cm³/mol. The van der Waals surface area contributed by atoms with E-state index in [2.05, 4.69) is 20.4 Å². The van der Waals surface area contributed by atoms with E-state index in [0.29, 0.717) is 6.54 Å². The number of likely N-dealkylation sites (N-methyl/N-ethyl adjacent to an activating group) is 1. The number of carbonyl (C=O) groups is 1. The smallest absolute Gasteiger partial charge is 0.340 e. The Morgan fingerprint density at radius 2 is 2.04 bits per heavy atom. The fourth-order valence-electron chi connectivity index (χ4n) is 1.60. The van der Waals surface area contributed by atoms with Crippen LogP contribution in [-0.2, 0) is 0 Å². The number of ether oxygens (including phenoxy) is 1. The van der Waals surface area contributed by atoms with Crippen LogP contribution in [0.15, 0.2) is 18.3 Å². The third-order valence-corrected chi connectivity index (χ3v) is 2.85. The average Bonchev–Trinajstić information content (AvgIpc) is 2.51. The molecular weight excluding hydrogens is 354 g/mol. The Kier molecular flexibility index (Phi) is 9.60. The zero-order chi connectivity index (χ0) is 17.5. The Labute approximate surface area is 143 Å². The number of nitrogens with zero attached hydrogens (tertiary/aromatic N) is 1. The van der Waals surface area contributed by atoms with Crippen molar-refractivity contribution in [2.75, 3.05) is 19.7 Å². The summed E-state index contributed by atoms with van der Waals surface area (Å²) in [5, 5.41) is 5.79. The van der Waals surface area contributed by atoms with Crippen molar-refractivity contribution in [3.05, 3.63) is 23.9 Å². The highest BCUT2D eigenvalue weighted by atomic mass is 35.5. The highest BCUT2D eigenvalue weighted by Gasteiger charge is 2.41. The van der Waals surface area contributed by atoms with Crippen molar-refractivity contribution in [2.45, 2.75) is 32.2 Å². The van der Waals surface area contributed by atoms with Crippen LogP contribution in [0.25, 0.3) is 0 Å². The molecule has 0 fully saturated rings. The second-order valence-corrected chi connectivity index (χ2v) is 4.90. The average molecular weight is 374 g/mol. The third-order valence-electron chi connectivity index (χ3n) is 2.85. The topological polar surface area (TPSA) is 63.2 Å². The minimum Gasteiger partial charge on any atom is -0.471 e. The summed E-state index contributed by atoms with van der Waals surface area (Å²) in [5.41, 5.74) is 0.210. The number of amides is 1. The lowest BCUT2D eigenvalue weighted by molar-refractivity contribution is -0.148. The molecule has 1 atom stereocenters. The molecule has 0 aliphatic rings. The van der Waals surface area contributed by atoms with Crippen molar-refractivity contribution in [2.24, 2.45) is 0 Å². The fraction of sp³-hybridized carbons (Fsp3) is 0.571. The molecule has 1 amide bonds. The third kappa shape index (κ3) is 7.31. The molecule has 0 spiro atoms. The zero-order valence-corrected chi connectivity index (χ0v) is 14.0.